The van der Waals surface area contributed by atoms with Gasteiger partial charge in [0.1, 0.15) is 0 Å². The second-order valence-corrected chi connectivity index (χ2v) is 7.01. The van der Waals surface area contributed by atoms with Crippen LogP contribution in [0, 0.1) is 0 Å². The Labute approximate surface area is 158 Å². The highest BCUT2D eigenvalue weighted by atomic mass is 16.3. The van der Waals surface area contributed by atoms with E-state index in [1.807, 2.05) is 12.1 Å². The summed E-state index contributed by atoms with van der Waals surface area (Å²) in [5.74, 6) is 0.0154. The molecule has 1 aromatic heterocycles. The van der Waals surface area contributed by atoms with Crippen molar-refractivity contribution in [2.45, 2.75) is 39.5 Å². The predicted molar refractivity (Wildman–Crippen MR) is 107 cm³/mol. The minimum atomic E-state index is -0.180. The van der Waals surface area contributed by atoms with E-state index in [-0.39, 0.29) is 19.0 Å². The summed E-state index contributed by atoms with van der Waals surface area (Å²) in [6.07, 6.45) is 5.51. The molecule has 2 aromatic carbocycles. The first-order valence-electron chi connectivity index (χ1n) is 9.35. The number of hydrogen-bond acceptors (Lipinski definition) is 3. The van der Waals surface area contributed by atoms with Crippen LogP contribution in [-0.2, 0) is 26.2 Å². The van der Waals surface area contributed by atoms with Crippen LogP contribution in [0.2, 0.25) is 0 Å². The zero-order valence-electron chi connectivity index (χ0n) is 15.4. The van der Waals surface area contributed by atoms with Crippen LogP contribution in [0.3, 0.4) is 0 Å². The highest BCUT2D eigenvalue weighted by Gasteiger charge is 2.23. The summed E-state index contributed by atoms with van der Waals surface area (Å²) in [6, 6.07) is 12.0. The second kappa shape index (κ2) is 7.14. The number of aliphatic hydroxyl groups is 2. The average molecular weight is 361 g/mol. The summed E-state index contributed by atoms with van der Waals surface area (Å²) in [4.78, 5) is 13.0. The normalized spacial score (nSPS) is 15.5. The molecule has 138 valence electrons. The first-order chi connectivity index (χ1) is 13.1. The van der Waals surface area contributed by atoms with Gasteiger partial charge < -0.3 is 14.8 Å². The molecule has 0 saturated heterocycles. The van der Waals surface area contributed by atoms with Gasteiger partial charge in [-0.05, 0) is 72.4 Å². The van der Waals surface area contributed by atoms with E-state index in [1.54, 1.807) is 6.07 Å². The van der Waals surface area contributed by atoms with Gasteiger partial charge >= 0.3 is 0 Å². The van der Waals surface area contributed by atoms with Crippen molar-refractivity contribution in [3.8, 4) is 0 Å². The van der Waals surface area contributed by atoms with Gasteiger partial charge in [-0.25, -0.2) is 0 Å². The molecule has 2 N–H and O–H groups in total. The maximum absolute atomic E-state index is 13.0. The smallest absolute Gasteiger partial charge is 0.189 e. The summed E-state index contributed by atoms with van der Waals surface area (Å²) in [5, 5.41) is 20.2. The van der Waals surface area contributed by atoms with E-state index in [0.717, 1.165) is 29.7 Å². The lowest BCUT2D eigenvalue weighted by atomic mass is 9.83. The van der Waals surface area contributed by atoms with Gasteiger partial charge in [0.05, 0.1) is 13.2 Å². The van der Waals surface area contributed by atoms with Crippen molar-refractivity contribution in [2.24, 2.45) is 0 Å². The molecule has 4 heteroatoms. The monoisotopic (exact) mass is 361 g/mol. The van der Waals surface area contributed by atoms with Crippen molar-refractivity contribution in [1.82, 2.24) is 4.57 Å². The molecular formula is C23H23NO3. The zero-order valence-corrected chi connectivity index (χ0v) is 15.4. The number of carbonyl (C=O) groups is 1. The number of allylic oxidation sites excluding steroid dienone is 1. The van der Waals surface area contributed by atoms with Gasteiger partial charge in [0.15, 0.2) is 5.78 Å². The molecule has 0 spiro atoms. The Morgan fingerprint density at radius 3 is 2.56 bits per heavy atom. The quantitative estimate of drug-likeness (QED) is 0.694. The molecule has 1 heterocycles. The number of rotatable bonds is 4. The number of fused-ring (bicyclic) bond motifs is 2. The van der Waals surface area contributed by atoms with Crippen molar-refractivity contribution in [2.75, 3.05) is 0 Å². The maximum atomic E-state index is 13.0. The van der Waals surface area contributed by atoms with Gasteiger partial charge in [-0.3, -0.25) is 4.79 Å². The molecule has 0 amide bonds. The summed E-state index contributed by atoms with van der Waals surface area (Å²) < 4.78 is 2.20. The number of aromatic nitrogens is 1. The van der Waals surface area contributed by atoms with Gasteiger partial charge in [-0.15, -0.1) is 0 Å². The Balaban J connectivity index is 1.70. The molecule has 4 nitrogen and oxygen atoms in total. The molecule has 0 atom stereocenters. The molecule has 0 unspecified atom stereocenters. The standard InChI is InChI=1S/C23H23NO3/c1-2-24-8-7-17-9-15(3-6-22(17)24)10-18-5-4-16-11-19(13-25)20(14-26)12-21(16)23(18)27/h3,6-12,25-26H,2,4-5,13-14H2,1H3/b18-10+. The molecular weight excluding hydrogens is 338 g/mol. The van der Waals surface area contributed by atoms with Crippen molar-refractivity contribution in [3.63, 3.8) is 0 Å². The molecule has 0 fully saturated rings. The minimum Gasteiger partial charge on any atom is -0.392 e. The lowest BCUT2D eigenvalue weighted by Gasteiger charge is -2.20. The molecule has 1 aliphatic rings. The van der Waals surface area contributed by atoms with Gasteiger partial charge in [-0.1, -0.05) is 12.1 Å². The van der Waals surface area contributed by atoms with Crippen molar-refractivity contribution < 1.29 is 15.0 Å². The Morgan fingerprint density at radius 2 is 1.81 bits per heavy atom. The van der Waals surface area contributed by atoms with E-state index in [0.29, 0.717) is 23.1 Å². The van der Waals surface area contributed by atoms with Gasteiger partial charge in [-0.2, -0.15) is 0 Å². The number of ketones is 1. The van der Waals surface area contributed by atoms with E-state index in [9.17, 15) is 15.0 Å². The highest BCUT2D eigenvalue weighted by molar-refractivity contribution is 6.13. The topological polar surface area (TPSA) is 62.5 Å². The van der Waals surface area contributed by atoms with Gasteiger partial charge in [0, 0.05) is 34.8 Å². The van der Waals surface area contributed by atoms with Crippen LogP contribution in [0.15, 0.2) is 48.2 Å². The number of carbonyl (C=O) groups excluding carboxylic acids is 1. The molecule has 0 bridgehead atoms. The van der Waals surface area contributed by atoms with Crippen molar-refractivity contribution >= 4 is 22.8 Å². The predicted octanol–water partition coefficient (Wildman–Crippen LogP) is 3.86. The number of aliphatic hydroxyl groups excluding tert-OH is 2. The Bertz CT molecular complexity index is 1060. The van der Waals surface area contributed by atoms with Crippen LogP contribution >= 0.6 is 0 Å². The third-order valence-electron chi connectivity index (χ3n) is 5.44. The third kappa shape index (κ3) is 3.11. The summed E-state index contributed by atoms with van der Waals surface area (Å²) in [6.45, 7) is 2.75. The lowest BCUT2D eigenvalue weighted by molar-refractivity contribution is 0.102. The largest absolute Gasteiger partial charge is 0.392 e. The van der Waals surface area contributed by atoms with Crippen LogP contribution in [0.25, 0.3) is 17.0 Å². The summed E-state index contributed by atoms with van der Waals surface area (Å²) in [7, 11) is 0. The van der Waals surface area contributed by atoms with Crippen LogP contribution in [0.4, 0.5) is 0 Å². The molecule has 3 aromatic rings. The van der Waals surface area contributed by atoms with E-state index >= 15 is 0 Å². The number of benzene rings is 2. The first kappa shape index (κ1) is 17.7. The molecule has 0 radical (unpaired) electrons. The first-order valence-corrected chi connectivity index (χ1v) is 9.35. The summed E-state index contributed by atoms with van der Waals surface area (Å²) >= 11 is 0. The molecule has 0 saturated carbocycles. The van der Waals surface area contributed by atoms with E-state index in [2.05, 4.69) is 42.0 Å². The summed E-state index contributed by atoms with van der Waals surface area (Å²) in [5.41, 5.74) is 5.93. The van der Waals surface area contributed by atoms with E-state index < -0.39 is 0 Å². The number of aryl methyl sites for hydroxylation is 2. The molecule has 1 aliphatic carbocycles. The number of Topliss-reactive ketones (excluding diaryl/α,β-unsaturated/α-hetero) is 1. The molecule has 0 aliphatic heterocycles. The van der Waals surface area contributed by atoms with E-state index in [1.165, 1.54) is 10.9 Å². The molecule has 4 rings (SSSR count). The van der Waals surface area contributed by atoms with Crippen molar-refractivity contribution in [3.05, 3.63) is 76.0 Å². The Kier molecular flexibility index (Phi) is 4.68. The average Bonchev–Trinajstić information content (AvgIpc) is 3.11. The highest BCUT2D eigenvalue weighted by Crippen LogP contribution is 2.30. The lowest BCUT2D eigenvalue weighted by Crippen LogP contribution is -2.16. The minimum absolute atomic E-state index is 0.0154. The third-order valence-corrected chi connectivity index (χ3v) is 5.44. The van der Waals surface area contributed by atoms with Crippen LogP contribution in [-0.4, -0.2) is 20.6 Å². The second-order valence-electron chi connectivity index (χ2n) is 7.01. The maximum Gasteiger partial charge on any atom is 0.189 e. The van der Waals surface area contributed by atoms with Crippen molar-refractivity contribution in [1.29, 1.82) is 0 Å². The number of nitrogens with zero attached hydrogens (tertiary/aromatic N) is 1. The zero-order chi connectivity index (χ0) is 19.0. The van der Waals surface area contributed by atoms with Crippen LogP contribution in [0.1, 0.15) is 46.0 Å². The van der Waals surface area contributed by atoms with Gasteiger partial charge in [0.2, 0.25) is 0 Å². The molecule has 27 heavy (non-hydrogen) atoms. The van der Waals surface area contributed by atoms with Crippen LogP contribution in [0.5, 0.6) is 0 Å². The van der Waals surface area contributed by atoms with E-state index in [4.69, 9.17) is 0 Å². The van der Waals surface area contributed by atoms with Crippen LogP contribution < -0.4 is 0 Å². The number of hydrogen-bond donors (Lipinski definition) is 2. The fourth-order valence-corrected chi connectivity index (χ4v) is 3.93. The Morgan fingerprint density at radius 1 is 1.04 bits per heavy atom. The SMILES string of the molecule is CCn1ccc2cc(/C=C3\CCc4cc(CO)c(CO)cc4C3=O)ccc21. The van der Waals surface area contributed by atoms with Gasteiger partial charge in [0.25, 0.3) is 0 Å². The fourth-order valence-electron chi connectivity index (χ4n) is 3.93. The fraction of sp³-hybridized carbons (Fsp3) is 0.261. The Hall–Kier alpha value is -2.69.